The summed E-state index contributed by atoms with van der Waals surface area (Å²) in [6.07, 6.45) is 0. The SMILES string of the molecule is COc1ccc2nc(Sc3cc(N)nc(N)n3)[nH]c2c1. The number of H-pyrrole nitrogens is 1. The van der Waals surface area contributed by atoms with Crippen LogP contribution in [-0.4, -0.2) is 27.0 Å². The summed E-state index contributed by atoms with van der Waals surface area (Å²) in [5, 5.41) is 1.34. The molecule has 0 fully saturated rings. The lowest BCUT2D eigenvalue weighted by Crippen LogP contribution is -1.99. The molecular formula is C12H12N6OS. The Balaban J connectivity index is 1.94. The average molecular weight is 288 g/mol. The molecule has 0 saturated carbocycles. The number of benzene rings is 1. The van der Waals surface area contributed by atoms with Gasteiger partial charge in [0.1, 0.15) is 16.6 Å². The van der Waals surface area contributed by atoms with Crippen molar-refractivity contribution in [2.24, 2.45) is 0 Å². The normalized spacial score (nSPS) is 10.8. The van der Waals surface area contributed by atoms with Gasteiger partial charge >= 0.3 is 0 Å². The Labute approximate surface area is 118 Å². The minimum absolute atomic E-state index is 0.144. The van der Waals surface area contributed by atoms with E-state index in [1.54, 1.807) is 13.2 Å². The molecule has 0 amide bonds. The van der Waals surface area contributed by atoms with Crippen LogP contribution in [0.3, 0.4) is 0 Å². The molecule has 7 nitrogen and oxygen atoms in total. The molecule has 102 valence electrons. The number of nitrogen functional groups attached to an aromatic ring is 2. The van der Waals surface area contributed by atoms with Crippen LogP contribution in [0.2, 0.25) is 0 Å². The third-order valence-corrected chi connectivity index (χ3v) is 3.41. The largest absolute Gasteiger partial charge is 0.497 e. The summed E-state index contributed by atoms with van der Waals surface area (Å²) >= 11 is 1.34. The third-order valence-electron chi connectivity index (χ3n) is 2.61. The molecule has 8 heteroatoms. The van der Waals surface area contributed by atoms with E-state index in [4.69, 9.17) is 16.2 Å². The summed E-state index contributed by atoms with van der Waals surface area (Å²) in [5.41, 5.74) is 12.9. The van der Waals surface area contributed by atoms with E-state index >= 15 is 0 Å². The van der Waals surface area contributed by atoms with Gasteiger partial charge in [0, 0.05) is 12.1 Å². The number of imidazole rings is 1. The number of nitrogens with zero attached hydrogens (tertiary/aromatic N) is 3. The molecule has 0 aliphatic heterocycles. The van der Waals surface area contributed by atoms with Crippen molar-refractivity contribution in [3.8, 4) is 5.75 Å². The third kappa shape index (κ3) is 2.45. The average Bonchev–Trinajstić information content (AvgIpc) is 2.78. The van der Waals surface area contributed by atoms with Gasteiger partial charge in [-0.3, -0.25) is 0 Å². The predicted octanol–water partition coefficient (Wildman–Crippen LogP) is 1.68. The zero-order chi connectivity index (χ0) is 14.1. The van der Waals surface area contributed by atoms with Crippen molar-refractivity contribution in [3.05, 3.63) is 24.3 Å². The van der Waals surface area contributed by atoms with Crippen LogP contribution in [0.25, 0.3) is 11.0 Å². The summed E-state index contributed by atoms with van der Waals surface area (Å²) in [4.78, 5) is 15.6. The molecule has 2 aromatic heterocycles. The van der Waals surface area contributed by atoms with Gasteiger partial charge in [0.05, 0.1) is 18.1 Å². The number of hydrogen-bond acceptors (Lipinski definition) is 7. The van der Waals surface area contributed by atoms with E-state index < -0.39 is 0 Å². The Bertz CT molecular complexity index is 751. The van der Waals surface area contributed by atoms with E-state index in [9.17, 15) is 0 Å². The van der Waals surface area contributed by atoms with Gasteiger partial charge in [-0.05, 0) is 23.9 Å². The van der Waals surface area contributed by atoms with Crippen molar-refractivity contribution in [2.45, 2.75) is 10.2 Å². The first kappa shape index (κ1) is 12.5. The van der Waals surface area contributed by atoms with Gasteiger partial charge in [0.25, 0.3) is 0 Å². The number of nitrogens with one attached hydrogen (secondary N) is 1. The number of fused-ring (bicyclic) bond motifs is 1. The van der Waals surface area contributed by atoms with Gasteiger partial charge in [0.2, 0.25) is 5.95 Å². The van der Waals surface area contributed by atoms with E-state index in [-0.39, 0.29) is 5.95 Å². The van der Waals surface area contributed by atoms with E-state index in [1.807, 2.05) is 18.2 Å². The van der Waals surface area contributed by atoms with Crippen molar-refractivity contribution in [2.75, 3.05) is 18.6 Å². The number of methoxy groups -OCH3 is 1. The summed E-state index contributed by atoms with van der Waals surface area (Å²) in [7, 11) is 1.62. The van der Waals surface area contributed by atoms with Gasteiger partial charge in [-0.15, -0.1) is 0 Å². The predicted molar refractivity (Wildman–Crippen MR) is 77.6 cm³/mol. The van der Waals surface area contributed by atoms with Crippen LogP contribution in [0.4, 0.5) is 11.8 Å². The standard InChI is InChI=1S/C12H12N6OS/c1-19-6-2-3-7-8(4-6)16-12(15-7)20-10-5-9(13)17-11(14)18-10/h2-5H,1H3,(H,15,16)(H4,13,14,17,18). The molecule has 0 atom stereocenters. The fourth-order valence-corrected chi connectivity index (χ4v) is 2.58. The van der Waals surface area contributed by atoms with Crippen LogP contribution in [0, 0.1) is 0 Å². The van der Waals surface area contributed by atoms with E-state index in [2.05, 4.69) is 19.9 Å². The number of rotatable bonds is 3. The van der Waals surface area contributed by atoms with Crippen molar-refractivity contribution in [1.29, 1.82) is 0 Å². The molecule has 0 radical (unpaired) electrons. The maximum Gasteiger partial charge on any atom is 0.223 e. The monoisotopic (exact) mass is 288 g/mol. The number of hydrogen-bond donors (Lipinski definition) is 3. The highest BCUT2D eigenvalue weighted by Gasteiger charge is 2.08. The molecule has 0 saturated heterocycles. The van der Waals surface area contributed by atoms with Gasteiger partial charge in [0.15, 0.2) is 5.16 Å². The molecule has 0 aliphatic carbocycles. The highest BCUT2D eigenvalue weighted by atomic mass is 32.2. The molecule has 2 heterocycles. The lowest BCUT2D eigenvalue weighted by Gasteiger charge is -1.99. The Hall–Kier alpha value is -2.48. The van der Waals surface area contributed by atoms with Gasteiger partial charge in [-0.1, -0.05) is 0 Å². The lowest BCUT2D eigenvalue weighted by molar-refractivity contribution is 0.415. The maximum atomic E-state index is 5.63. The molecule has 20 heavy (non-hydrogen) atoms. The molecule has 0 unspecified atom stereocenters. The fraction of sp³-hybridized carbons (Fsp3) is 0.0833. The number of nitrogens with two attached hydrogens (primary N) is 2. The lowest BCUT2D eigenvalue weighted by atomic mass is 10.3. The highest BCUT2D eigenvalue weighted by molar-refractivity contribution is 7.99. The number of anilines is 2. The topological polar surface area (TPSA) is 116 Å². The molecule has 0 spiro atoms. The first-order chi connectivity index (χ1) is 9.64. The maximum absolute atomic E-state index is 5.63. The minimum Gasteiger partial charge on any atom is -0.497 e. The van der Waals surface area contributed by atoms with Crippen molar-refractivity contribution >= 4 is 34.6 Å². The van der Waals surface area contributed by atoms with E-state index in [0.717, 1.165) is 16.8 Å². The molecular weight excluding hydrogens is 276 g/mol. The van der Waals surface area contributed by atoms with Crippen LogP contribution >= 0.6 is 11.8 Å². The smallest absolute Gasteiger partial charge is 0.223 e. The van der Waals surface area contributed by atoms with E-state index in [0.29, 0.717) is 16.0 Å². The number of ether oxygens (including phenoxy) is 1. The number of aromatic nitrogens is 4. The molecule has 3 rings (SSSR count). The van der Waals surface area contributed by atoms with Crippen molar-refractivity contribution in [1.82, 2.24) is 19.9 Å². The van der Waals surface area contributed by atoms with Crippen LogP contribution in [0.15, 0.2) is 34.4 Å². The summed E-state index contributed by atoms with van der Waals surface area (Å²) < 4.78 is 5.17. The van der Waals surface area contributed by atoms with Crippen LogP contribution in [0.1, 0.15) is 0 Å². The Morgan fingerprint density at radius 2 is 2.00 bits per heavy atom. The zero-order valence-corrected chi connectivity index (χ0v) is 11.4. The van der Waals surface area contributed by atoms with Crippen LogP contribution < -0.4 is 16.2 Å². The molecule has 3 aromatic rings. The Kier molecular flexibility index (Phi) is 3.07. The van der Waals surface area contributed by atoms with Gasteiger partial charge < -0.3 is 21.2 Å². The second-order valence-corrected chi connectivity index (χ2v) is 5.03. The van der Waals surface area contributed by atoms with Gasteiger partial charge in [-0.25, -0.2) is 9.97 Å². The van der Waals surface area contributed by atoms with Crippen LogP contribution in [-0.2, 0) is 0 Å². The second kappa shape index (κ2) is 4.89. The second-order valence-electron chi connectivity index (χ2n) is 4.02. The quantitative estimate of drug-likeness (QED) is 0.628. The fourth-order valence-electron chi connectivity index (χ4n) is 1.75. The Morgan fingerprint density at radius 1 is 1.15 bits per heavy atom. The molecule has 1 aromatic carbocycles. The minimum atomic E-state index is 0.144. The highest BCUT2D eigenvalue weighted by Crippen LogP contribution is 2.28. The molecule has 0 bridgehead atoms. The van der Waals surface area contributed by atoms with Crippen molar-refractivity contribution < 1.29 is 4.74 Å². The van der Waals surface area contributed by atoms with Crippen LogP contribution in [0.5, 0.6) is 5.75 Å². The van der Waals surface area contributed by atoms with Crippen molar-refractivity contribution in [3.63, 3.8) is 0 Å². The van der Waals surface area contributed by atoms with E-state index in [1.165, 1.54) is 11.8 Å². The summed E-state index contributed by atoms with van der Waals surface area (Å²) in [5.74, 6) is 1.25. The van der Waals surface area contributed by atoms with Gasteiger partial charge in [-0.2, -0.15) is 4.98 Å². The molecule has 0 aliphatic rings. The Morgan fingerprint density at radius 3 is 2.75 bits per heavy atom. The first-order valence-electron chi connectivity index (χ1n) is 5.75. The number of aromatic amines is 1. The first-order valence-corrected chi connectivity index (χ1v) is 6.57. The summed E-state index contributed by atoms with van der Waals surface area (Å²) in [6, 6.07) is 7.28. The molecule has 5 N–H and O–H groups in total. The zero-order valence-electron chi connectivity index (χ0n) is 10.6. The summed E-state index contributed by atoms with van der Waals surface area (Å²) in [6.45, 7) is 0.